The van der Waals surface area contributed by atoms with Crippen LogP contribution in [0.3, 0.4) is 0 Å². The fourth-order valence-electron chi connectivity index (χ4n) is 2.15. The number of rotatable bonds is 9. The predicted molar refractivity (Wildman–Crippen MR) is 95.5 cm³/mol. The smallest absolute Gasteiger partial charge is 0.407 e. The van der Waals surface area contributed by atoms with Crippen molar-refractivity contribution in [1.82, 2.24) is 5.32 Å². The molecule has 0 aliphatic carbocycles. The summed E-state index contributed by atoms with van der Waals surface area (Å²) in [6, 6.07) is 9.07. The molecule has 1 amide bonds. The van der Waals surface area contributed by atoms with E-state index in [-0.39, 0.29) is 13.0 Å². The molecule has 1 atom stereocenters. The van der Waals surface area contributed by atoms with Gasteiger partial charge in [0.1, 0.15) is 12.2 Å². The van der Waals surface area contributed by atoms with Gasteiger partial charge in [-0.1, -0.05) is 36.8 Å². The lowest BCUT2D eigenvalue weighted by Crippen LogP contribution is -2.33. The summed E-state index contributed by atoms with van der Waals surface area (Å²) in [4.78, 5) is 34.8. The second-order valence-electron chi connectivity index (χ2n) is 6.91. The molecule has 0 aliphatic heterocycles. The number of hydrogen-bond donors (Lipinski definition) is 2. The third kappa shape index (κ3) is 9.05. The molecule has 0 saturated heterocycles. The number of carboxylic acids is 1. The maximum absolute atomic E-state index is 12.0. The van der Waals surface area contributed by atoms with E-state index in [4.69, 9.17) is 9.47 Å². The second-order valence-corrected chi connectivity index (χ2v) is 6.91. The first-order valence-corrected chi connectivity index (χ1v) is 8.59. The fourth-order valence-corrected chi connectivity index (χ4v) is 2.15. The number of benzene rings is 1. The minimum Gasteiger partial charge on any atom is -0.481 e. The Morgan fingerprint density at radius 2 is 1.77 bits per heavy atom. The van der Waals surface area contributed by atoms with Crippen LogP contribution in [0.4, 0.5) is 4.79 Å². The van der Waals surface area contributed by atoms with Crippen molar-refractivity contribution in [2.24, 2.45) is 5.92 Å². The molecule has 7 heteroatoms. The van der Waals surface area contributed by atoms with Gasteiger partial charge in [-0.2, -0.15) is 0 Å². The van der Waals surface area contributed by atoms with Crippen molar-refractivity contribution in [2.45, 2.75) is 52.2 Å². The number of hydrogen-bond acceptors (Lipinski definition) is 5. The number of carboxylic acid groups (broad SMARTS) is 1. The van der Waals surface area contributed by atoms with E-state index < -0.39 is 29.6 Å². The first kappa shape index (κ1) is 21.5. The summed E-state index contributed by atoms with van der Waals surface area (Å²) in [6.45, 7) is 5.70. The summed E-state index contributed by atoms with van der Waals surface area (Å²) in [7, 11) is 0. The standard InChI is InChI=1S/C19H27NO6/c1-19(2,3)26-18(24)20-12-8-7-11-15(16(21)22)17(23)25-13-14-9-5-4-6-10-14/h4-6,9-10,15H,7-8,11-13H2,1-3H3,(H,20,24)(H,21,22)/t15-/m0/s1. The zero-order valence-electron chi connectivity index (χ0n) is 15.5. The topological polar surface area (TPSA) is 102 Å². The number of ether oxygens (including phenoxy) is 2. The highest BCUT2D eigenvalue weighted by molar-refractivity contribution is 5.93. The van der Waals surface area contributed by atoms with Gasteiger partial charge in [-0.15, -0.1) is 0 Å². The Kier molecular flexibility index (Phi) is 8.61. The van der Waals surface area contributed by atoms with Crippen molar-refractivity contribution in [2.75, 3.05) is 6.54 Å². The number of aliphatic carboxylic acids is 1. The SMILES string of the molecule is CC(C)(C)OC(=O)NCCCC[C@@H](C(=O)O)C(=O)OCc1ccccc1. The molecule has 0 spiro atoms. The quantitative estimate of drug-likeness (QED) is 0.396. The van der Waals surface area contributed by atoms with Crippen LogP contribution in [-0.2, 0) is 25.7 Å². The molecule has 0 aromatic heterocycles. The molecule has 0 heterocycles. The molecule has 26 heavy (non-hydrogen) atoms. The van der Waals surface area contributed by atoms with Crippen LogP contribution in [0.5, 0.6) is 0 Å². The number of carbonyl (C=O) groups is 3. The molecule has 7 nitrogen and oxygen atoms in total. The number of unbranched alkanes of at least 4 members (excludes halogenated alkanes) is 1. The van der Waals surface area contributed by atoms with E-state index in [0.717, 1.165) is 5.56 Å². The Balaban J connectivity index is 2.31. The van der Waals surface area contributed by atoms with Gasteiger partial charge in [-0.05, 0) is 39.2 Å². The molecule has 1 aromatic rings. The molecule has 0 fully saturated rings. The van der Waals surface area contributed by atoms with Crippen LogP contribution in [0.15, 0.2) is 30.3 Å². The molecular formula is C19H27NO6. The third-order valence-corrected chi connectivity index (χ3v) is 3.39. The molecule has 1 rings (SSSR count). The molecule has 0 bridgehead atoms. The second kappa shape index (κ2) is 10.4. The van der Waals surface area contributed by atoms with Crippen molar-refractivity contribution < 1.29 is 29.0 Å². The van der Waals surface area contributed by atoms with Crippen molar-refractivity contribution in [1.29, 1.82) is 0 Å². The van der Waals surface area contributed by atoms with E-state index in [2.05, 4.69) is 5.32 Å². The fraction of sp³-hybridized carbons (Fsp3) is 0.526. The van der Waals surface area contributed by atoms with Gasteiger partial charge in [0, 0.05) is 6.54 Å². The van der Waals surface area contributed by atoms with Crippen LogP contribution in [0, 0.1) is 5.92 Å². The Morgan fingerprint density at radius 1 is 1.12 bits per heavy atom. The molecule has 0 unspecified atom stereocenters. The first-order valence-electron chi connectivity index (χ1n) is 8.59. The largest absolute Gasteiger partial charge is 0.481 e. The highest BCUT2D eigenvalue weighted by Crippen LogP contribution is 2.13. The van der Waals surface area contributed by atoms with Crippen molar-refractivity contribution in [3.63, 3.8) is 0 Å². The van der Waals surface area contributed by atoms with E-state index in [9.17, 15) is 19.5 Å². The normalized spacial score (nSPS) is 12.1. The van der Waals surface area contributed by atoms with Crippen LogP contribution < -0.4 is 5.32 Å². The monoisotopic (exact) mass is 365 g/mol. The highest BCUT2D eigenvalue weighted by Gasteiger charge is 2.27. The zero-order valence-corrected chi connectivity index (χ0v) is 15.5. The number of alkyl carbamates (subject to hydrolysis) is 1. The van der Waals surface area contributed by atoms with E-state index >= 15 is 0 Å². The summed E-state index contributed by atoms with van der Waals surface area (Å²) in [6.07, 6.45) is 0.635. The third-order valence-electron chi connectivity index (χ3n) is 3.39. The lowest BCUT2D eigenvalue weighted by atomic mass is 10.0. The van der Waals surface area contributed by atoms with Gasteiger partial charge >= 0.3 is 18.0 Å². The van der Waals surface area contributed by atoms with Gasteiger partial charge in [-0.25, -0.2) is 4.79 Å². The van der Waals surface area contributed by atoms with Gasteiger partial charge in [0.25, 0.3) is 0 Å². The average Bonchev–Trinajstić information content (AvgIpc) is 2.55. The van der Waals surface area contributed by atoms with Gasteiger partial charge < -0.3 is 19.9 Å². The zero-order chi connectivity index (χ0) is 19.6. The van der Waals surface area contributed by atoms with E-state index in [1.165, 1.54) is 0 Å². The highest BCUT2D eigenvalue weighted by atomic mass is 16.6. The lowest BCUT2D eigenvalue weighted by molar-refractivity contribution is -0.160. The van der Waals surface area contributed by atoms with Crippen LogP contribution in [-0.4, -0.2) is 35.3 Å². The van der Waals surface area contributed by atoms with Crippen molar-refractivity contribution >= 4 is 18.0 Å². The number of carbonyl (C=O) groups excluding carboxylic acids is 2. The Morgan fingerprint density at radius 3 is 2.35 bits per heavy atom. The minimum absolute atomic E-state index is 0.0453. The average molecular weight is 365 g/mol. The number of nitrogens with one attached hydrogen (secondary N) is 1. The van der Waals surface area contributed by atoms with Crippen LogP contribution in [0.25, 0.3) is 0 Å². The van der Waals surface area contributed by atoms with Crippen LogP contribution >= 0.6 is 0 Å². The Labute approximate surface area is 153 Å². The molecule has 0 saturated carbocycles. The molecular weight excluding hydrogens is 338 g/mol. The van der Waals surface area contributed by atoms with Crippen LogP contribution in [0.2, 0.25) is 0 Å². The number of esters is 1. The van der Waals surface area contributed by atoms with E-state index in [1.54, 1.807) is 32.9 Å². The van der Waals surface area contributed by atoms with Gasteiger partial charge in [0.05, 0.1) is 0 Å². The Hall–Kier alpha value is -2.57. The van der Waals surface area contributed by atoms with E-state index in [0.29, 0.717) is 19.4 Å². The van der Waals surface area contributed by atoms with Crippen molar-refractivity contribution in [3.05, 3.63) is 35.9 Å². The van der Waals surface area contributed by atoms with Gasteiger partial charge in [0.2, 0.25) is 0 Å². The summed E-state index contributed by atoms with van der Waals surface area (Å²) in [5, 5.41) is 11.8. The maximum Gasteiger partial charge on any atom is 0.407 e. The lowest BCUT2D eigenvalue weighted by Gasteiger charge is -2.19. The molecule has 0 aliphatic rings. The first-order chi connectivity index (χ1) is 12.2. The molecule has 0 radical (unpaired) electrons. The summed E-state index contributed by atoms with van der Waals surface area (Å²) in [5.41, 5.74) is 0.229. The predicted octanol–water partition coefficient (Wildman–Crippen LogP) is 3.13. The molecule has 2 N–H and O–H groups in total. The number of amides is 1. The van der Waals surface area contributed by atoms with Crippen LogP contribution in [0.1, 0.15) is 45.6 Å². The Bertz CT molecular complexity index is 594. The van der Waals surface area contributed by atoms with Crippen molar-refractivity contribution in [3.8, 4) is 0 Å². The minimum atomic E-state index is -1.21. The maximum atomic E-state index is 12.0. The molecule has 1 aromatic carbocycles. The summed E-state index contributed by atoms with van der Waals surface area (Å²) in [5.74, 6) is -3.16. The summed E-state index contributed by atoms with van der Waals surface area (Å²) < 4.78 is 10.2. The van der Waals surface area contributed by atoms with Gasteiger partial charge in [0.15, 0.2) is 5.92 Å². The van der Waals surface area contributed by atoms with E-state index in [1.807, 2.05) is 18.2 Å². The molecule has 144 valence electrons. The van der Waals surface area contributed by atoms with Gasteiger partial charge in [-0.3, -0.25) is 9.59 Å². The summed E-state index contributed by atoms with van der Waals surface area (Å²) >= 11 is 0.